The Labute approximate surface area is 198 Å². The number of ketones is 1. The first-order chi connectivity index (χ1) is 15.8. The van der Waals surface area contributed by atoms with E-state index in [1.54, 1.807) is 7.11 Å². The summed E-state index contributed by atoms with van der Waals surface area (Å²) in [6, 6.07) is 6.40. The van der Waals surface area contributed by atoms with E-state index < -0.39 is 17.7 Å². The Balaban J connectivity index is 1.52. The molecule has 4 rings (SSSR count). The standard InChI is InChI=1S/C27H40NO5/c1-6-28(7-2,8-3)17-32-26(30)33-23-16-24(29)27(4)14-13-21-20-12-10-19(31-5)15-18(20)9-11-22(21)25(23)27/h10,12,15,21-23,25H,6-9,11,13-14,16-17H2,1-5H3/q+1/t21-,22-,23-,25-,27-/m1/s1. The summed E-state index contributed by atoms with van der Waals surface area (Å²) in [5.41, 5.74) is 2.32. The molecule has 0 heterocycles. The molecule has 1 aromatic carbocycles. The fraction of sp³-hybridized carbons (Fsp3) is 0.704. The maximum atomic E-state index is 13.1. The van der Waals surface area contributed by atoms with Gasteiger partial charge in [-0.15, -0.1) is 0 Å². The second-order valence-corrected chi connectivity index (χ2v) is 10.5. The molecule has 0 aromatic heterocycles. The number of carbonyl (C=O) groups is 2. The largest absolute Gasteiger partial charge is 0.512 e. The number of rotatable bonds is 7. The van der Waals surface area contributed by atoms with Crippen molar-refractivity contribution in [3.63, 3.8) is 0 Å². The van der Waals surface area contributed by atoms with Gasteiger partial charge in [-0.3, -0.25) is 9.28 Å². The zero-order chi connectivity index (χ0) is 23.8. The lowest BCUT2D eigenvalue weighted by atomic mass is 9.55. The molecular weight excluding hydrogens is 418 g/mol. The van der Waals surface area contributed by atoms with Crippen LogP contribution in [0.5, 0.6) is 5.75 Å². The van der Waals surface area contributed by atoms with E-state index in [1.165, 1.54) is 11.1 Å². The van der Waals surface area contributed by atoms with Crippen molar-refractivity contribution < 1.29 is 28.3 Å². The Bertz CT molecular complexity index is 886. The lowest BCUT2D eigenvalue weighted by Crippen LogP contribution is -2.50. The SMILES string of the molecule is CC[N+](CC)(CC)COC(=O)O[C@@H]1CC(=O)[C@@]2(C)CC[C@@H]3c4ccc(OC)cc4CC[C@H]3[C@H]12. The number of Topliss-reactive ketones (excluding diaryl/α,β-unsaturated/α-hetero) is 1. The van der Waals surface area contributed by atoms with Crippen LogP contribution in [-0.2, 0) is 20.7 Å². The average molecular weight is 459 g/mol. The van der Waals surface area contributed by atoms with Crippen LogP contribution in [-0.4, -0.2) is 56.0 Å². The Morgan fingerprint density at radius 3 is 2.55 bits per heavy atom. The molecule has 2 fully saturated rings. The van der Waals surface area contributed by atoms with Crippen molar-refractivity contribution in [2.75, 3.05) is 33.5 Å². The van der Waals surface area contributed by atoms with Gasteiger partial charge in [0.05, 0.1) is 26.7 Å². The van der Waals surface area contributed by atoms with E-state index >= 15 is 0 Å². The Hall–Kier alpha value is -2.08. The lowest BCUT2D eigenvalue weighted by molar-refractivity contribution is -0.939. The van der Waals surface area contributed by atoms with E-state index in [9.17, 15) is 9.59 Å². The van der Waals surface area contributed by atoms with E-state index in [0.29, 0.717) is 29.5 Å². The number of nitrogens with zero attached hydrogens (tertiary/aromatic N) is 1. The van der Waals surface area contributed by atoms with Crippen LogP contribution in [0.4, 0.5) is 4.79 Å². The molecular formula is C27H40NO5+. The Morgan fingerprint density at radius 1 is 1.15 bits per heavy atom. The predicted molar refractivity (Wildman–Crippen MR) is 126 cm³/mol. The first-order valence-electron chi connectivity index (χ1n) is 12.7. The quantitative estimate of drug-likeness (QED) is 0.324. The monoisotopic (exact) mass is 458 g/mol. The third kappa shape index (κ3) is 4.16. The minimum absolute atomic E-state index is 0.0503. The van der Waals surface area contributed by atoms with Gasteiger partial charge in [-0.05, 0) is 81.5 Å². The van der Waals surface area contributed by atoms with Crippen molar-refractivity contribution >= 4 is 11.9 Å². The summed E-state index contributed by atoms with van der Waals surface area (Å²) in [6.07, 6.45) is 3.12. The van der Waals surface area contributed by atoms with Gasteiger partial charge >= 0.3 is 6.16 Å². The third-order valence-electron chi connectivity index (χ3n) is 9.33. The second-order valence-electron chi connectivity index (χ2n) is 10.5. The number of aryl methyl sites for hydroxylation is 1. The normalized spacial score (nSPS) is 30.8. The van der Waals surface area contributed by atoms with E-state index in [1.807, 2.05) is 6.07 Å². The van der Waals surface area contributed by atoms with Crippen LogP contribution in [0.15, 0.2) is 18.2 Å². The predicted octanol–water partition coefficient (Wildman–Crippen LogP) is 5.09. The van der Waals surface area contributed by atoms with Crippen molar-refractivity contribution in [1.29, 1.82) is 0 Å². The van der Waals surface area contributed by atoms with E-state index in [2.05, 4.69) is 39.8 Å². The molecule has 0 N–H and O–H groups in total. The van der Waals surface area contributed by atoms with Gasteiger partial charge in [0.2, 0.25) is 6.73 Å². The molecule has 3 aliphatic rings. The minimum Gasteiger partial charge on any atom is -0.497 e. The molecule has 182 valence electrons. The van der Waals surface area contributed by atoms with Crippen LogP contribution < -0.4 is 4.74 Å². The maximum absolute atomic E-state index is 13.1. The molecule has 0 radical (unpaired) electrons. The molecule has 6 heteroatoms. The summed E-state index contributed by atoms with van der Waals surface area (Å²) in [4.78, 5) is 25.9. The molecule has 3 aliphatic carbocycles. The first kappa shape index (κ1) is 24.1. The molecule has 0 amide bonds. The fourth-order valence-corrected chi connectivity index (χ4v) is 6.90. The highest BCUT2D eigenvalue weighted by atomic mass is 16.7. The molecule has 0 saturated heterocycles. The molecule has 5 atom stereocenters. The van der Waals surface area contributed by atoms with Crippen molar-refractivity contribution in [3.05, 3.63) is 29.3 Å². The van der Waals surface area contributed by atoms with Crippen molar-refractivity contribution in [1.82, 2.24) is 0 Å². The number of hydrogen-bond acceptors (Lipinski definition) is 5. The smallest absolute Gasteiger partial charge is 0.497 e. The molecule has 2 saturated carbocycles. The number of fused-ring (bicyclic) bond motifs is 5. The van der Waals surface area contributed by atoms with Crippen LogP contribution >= 0.6 is 0 Å². The zero-order valence-corrected chi connectivity index (χ0v) is 20.9. The molecule has 0 unspecified atom stereocenters. The highest BCUT2D eigenvalue weighted by Gasteiger charge is 2.60. The number of ether oxygens (including phenoxy) is 3. The minimum atomic E-state index is -0.627. The van der Waals surface area contributed by atoms with Gasteiger partial charge in [0.15, 0.2) is 0 Å². The van der Waals surface area contributed by atoms with Crippen LogP contribution in [0.3, 0.4) is 0 Å². The first-order valence-corrected chi connectivity index (χ1v) is 12.7. The van der Waals surface area contributed by atoms with Crippen molar-refractivity contribution in [2.45, 2.75) is 71.8 Å². The lowest BCUT2D eigenvalue weighted by Gasteiger charge is -2.49. The number of benzene rings is 1. The maximum Gasteiger partial charge on any atom is 0.512 e. The van der Waals surface area contributed by atoms with E-state index in [-0.39, 0.29) is 11.7 Å². The number of carbonyl (C=O) groups excluding carboxylic acids is 2. The highest BCUT2D eigenvalue weighted by Crippen LogP contribution is 2.60. The van der Waals surface area contributed by atoms with Gasteiger partial charge < -0.3 is 14.2 Å². The van der Waals surface area contributed by atoms with E-state index in [4.69, 9.17) is 14.2 Å². The Kier molecular flexibility index (Phi) is 6.77. The average Bonchev–Trinajstić information content (AvgIpc) is 3.09. The Morgan fingerprint density at radius 2 is 1.88 bits per heavy atom. The van der Waals surface area contributed by atoms with Gasteiger partial charge in [0, 0.05) is 17.8 Å². The van der Waals surface area contributed by atoms with Crippen LogP contribution in [0, 0.1) is 17.3 Å². The van der Waals surface area contributed by atoms with Gasteiger partial charge in [0.1, 0.15) is 17.6 Å². The number of methoxy groups -OCH3 is 1. The van der Waals surface area contributed by atoms with Gasteiger partial charge in [0.25, 0.3) is 0 Å². The van der Waals surface area contributed by atoms with Gasteiger partial charge in [-0.1, -0.05) is 13.0 Å². The summed E-state index contributed by atoms with van der Waals surface area (Å²) in [5.74, 6) is 1.93. The molecule has 0 spiro atoms. The molecule has 0 aliphatic heterocycles. The summed E-state index contributed by atoms with van der Waals surface area (Å²) >= 11 is 0. The van der Waals surface area contributed by atoms with Gasteiger partial charge in [-0.2, -0.15) is 0 Å². The molecule has 1 aromatic rings. The van der Waals surface area contributed by atoms with Crippen LogP contribution in [0.2, 0.25) is 0 Å². The fourth-order valence-electron chi connectivity index (χ4n) is 6.90. The summed E-state index contributed by atoms with van der Waals surface area (Å²) < 4.78 is 17.6. The van der Waals surface area contributed by atoms with Crippen molar-refractivity contribution in [2.24, 2.45) is 17.3 Å². The van der Waals surface area contributed by atoms with E-state index in [0.717, 1.165) is 51.1 Å². The highest BCUT2D eigenvalue weighted by molar-refractivity contribution is 5.88. The second kappa shape index (κ2) is 9.28. The van der Waals surface area contributed by atoms with Gasteiger partial charge in [-0.25, -0.2) is 4.79 Å². The number of hydrogen-bond donors (Lipinski definition) is 0. The van der Waals surface area contributed by atoms with Crippen LogP contribution in [0.25, 0.3) is 0 Å². The summed E-state index contributed by atoms with van der Waals surface area (Å²) in [5, 5.41) is 0. The van der Waals surface area contributed by atoms with Crippen molar-refractivity contribution in [3.8, 4) is 5.75 Å². The molecule has 33 heavy (non-hydrogen) atoms. The topological polar surface area (TPSA) is 61.8 Å². The summed E-state index contributed by atoms with van der Waals surface area (Å²) in [7, 11) is 1.70. The van der Waals surface area contributed by atoms with Crippen LogP contribution in [0.1, 0.15) is 70.4 Å². The molecule has 6 nitrogen and oxygen atoms in total. The number of quaternary nitrogens is 1. The molecule has 0 bridgehead atoms. The third-order valence-corrected chi connectivity index (χ3v) is 9.33. The zero-order valence-electron chi connectivity index (χ0n) is 20.9. The summed E-state index contributed by atoms with van der Waals surface area (Å²) in [6.45, 7) is 11.4.